The molecule has 1 saturated heterocycles. The zero-order chi connectivity index (χ0) is 12.1. The number of amides is 2. The molecule has 0 aromatic heterocycles. The van der Waals surface area contributed by atoms with Gasteiger partial charge in [-0.2, -0.15) is 0 Å². The lowest BCUT2D eigenvalue weighted by atomic mass is 10.1. The van der Waals surface area contributed by atoms with Crippen LogP contribution in [-0.4, -0.2) is 29.0 Å². The van der Waals surface area contributed by atoms with Crippen LogP contribution in [0.15, 0.2) is 0 Å². The fourth-order valence-corrected chi connectivity index (χ4v) is 2.71. The summed E-state index contributed by atoms with van der Waals surface area (Å²) < 4.78 is 0. The highest BCUT2D eigenvalue weighted by atomic mass is 16.2. The molecule has 1 aliphatic heterocycles. The van der Waals surface area contributed by atoms with E-state index in [2.05, 4.69) is 0 Å². The van der Waals surface area contributed by atoms with Crippen molar-refractivity contribution >= 4 is 17.6 Å². The number of carbonyl (C=O) groups is 3. The third kappa shape index (κ3) is 1.47. The van der Waals surface area contributed by atoms with Crippen LogP contribution in [-0.2, 0) is 14.4 Å². The maximum Gasteiger partial charge on any atom is 0.233 e. The zero-order valence-electron chi connectivity index (χ0n) is 9.95. The molecule has 0 bridgehead atoms. The van der Waals surface area contributed by atoms with Gasteiger partial charge in [0.2, 0.25) is 11.8 Å². The van der Waals surface area contributed by atoms with Gasteiger partial charge in [-0.1, -0.05) is 13.8 Å². The Bertz CT molecular complexity index is 348. The Kier molecular flexibility index (Phi) is 2.40. The number of nitrogens with zero attached hydrogens (tertiary/aromatic N) is 1. The predicted octanol–water partition coefficient (Wildman–Crippen LogP) is 0.997. The quantitative estimate of drug-likeness (QED) is 0.668. The maximum atomic E-state index is 11.9. The van der Waals surface area contributed by atoms with Gasteiger partial charge in [0.15, 0.2) is 0 Å². The molecular weight excluding hydrogens is 206 g/mol. The average Bonchev–Trinajstić information content (AvgIpc) is 2.62. The summed E-state index contributed by atoms with van der Waals surface area (Å²) in [7, 11) is 0. The Hall–Kier alpha value is -1.19. The molecule has 2 rings (SSSR count). The van der Waals surface area contributed by atoms with Crippen LogP contribution in [0.4, 0.5) is 0 Å². The summed E-state index contributed by atoms with van der Waals surface area (Å²) >= 11 is 0. The first-order chi connectivity index (χ1) is 7.37. The highest BCUT2D eigenvalue weighted by molar-refractivity contribution is 6.10. The first-order valence-electron chi connectivity index (χ1n) is 5.72. The van der Waals surface area contributed by atoms with Gasteiger partial charge in [-0.3, -0.25) is 14.5 Å². The molecule has 4 nitrogen and oxygen atoms in total. The minimum atomic E-state index is -0.134. The van der Waals surface area contributed by atoms with Crippen LogP contribution in [0, 0.1) is 17.3 Å². The van der Waals surface area contributed by atoms with Gasteiger partial charge in [0.25, 0.3) is 0 Å². The van der Waals surface area contributed by atoms with E-state index in [1.165, 1.54) is 11.8 Å². The number of imide groups is 1. The molecule has 4 heteroatoms. The Morgan fingerprint density at radius 2 is 1.75 bits per heavy atom. The minimum Gasteiger partial charge on any atom is -0.300 e. The summed E-state index contributed by atoms with van der Waals surface area (Å²) in [5, 5.41) is 0. The molecule has 0 aromatic rings. The number of Topliss-reactive ketones (excluding diaryl/α,β-unsaturated/α-hetero) is 1. The van der Waals surface area contributed by atoms with Crippen molar-refractivity contribution < 1.29 is 14.4 Å². The van der Waals surface area contributed by atoms with Crippen LogP contribution in [0.2, 0.25) is 0 Å². The van der Waals surface area contributed by atoms with Gasteiger partial charge in [0.1, 0.15) is 5.78 Å². The van der Waals surface area contributed by atoms with Crippen molar-refractivity contribution in [2.24, 2.45) is 17.3 Å². The molecule has 1 saturated carbocycles. The maximum absolute atomic E-state index is 11.9. The second-order valence-corrected chi connectivity index (χ2v) is 5.41. The Labute approximate surface area is 95.0 Å². The predicted molar refractivity (Wildman–Crippen MR) is 57.4 cm³/mol. The van der Waals surface area contributed by atoms with Gasteiger partial charge >= 0.3 is 0 Å². The Balaban J connectivity index is 1.93. The summed E-state index contributed by atoms with van der Waals surface area (Å²) in [4.78, 5) is 35.8. The number of ketones is 1. The first-order valence-corrected chi connectivity index (χ1v) is 5.72. The number of fused-ring (bicyclic) bond motifs is 1. The standard InChI is InChI=1S/C12H17NO3/c1-7(14)5-4-6-13-10(15)8-9(11(13)16)12(8,2)3/h8-9H,4-6H2,1-3H3. The van der Waals surface area contributed by atoms with Gasteiger partial charge < -0.3 is 4.79 Å². The van der Waals surface area contributed by atoms with Gasteiger partial charge in [0, 0.05) is 13.0 Å². The van der Waals surface area contributed by atoms with Crippen molar-refractivity contribution in [1.29, 1.82) is 0 Å². The molecule has 1 heterocycles. The topological polar surface area (TPSA) is 54.5 Å². The SMILES string of the molecule is CC(=O)CCCN1C(=O)C2C(C1=O)C2(C)C. The summed E-state index contributed by atoms with van der Waals surface area (Å²) in [5.74, 6) is -0.175. The lowest BCUT2D eigenvalue weighted by Gasteiger charge is -2.19. The molecule has 2 fully saturated rings. The Morgan fingerprint density at radius 3 is 2.19 bits per heavy atom. The molecule has 2 amide bonds. The van der Waals surface area contributed by atoms with Gasteiger partial charge in [0.05, 0.1) is 11.8 Å². The molecule has 88 valence electrons. The zero-order valence-corrected chi connectivity index (χ0v) is 9.95. The molecular formula is C12H17NO3. The van der Waals surface area contributed by atoms with E-state index in [1.54, 1.807) is 0 Å². The number of hydrogen-bond acceptors (Lipinski definition) is 3. The van der Waals surface area contributed by atoms with Crippen molar-refractivity contribution in [3.05, 3.63) is 0 Å². The highest BCUT2D eigenvalue weighted by Crippen LogP contribution is 2.63. The molecule has 0 radical (unpaired) electrons. The van der Waals surface area contributed by atoms with E-state index in [1.807, 2.05) is 13.8 Å². The largest absolute Gasteiger partial charge is 0.300 e. The molecule has 0 N–H and O–H groups in total. The van der Waals surface area contributed by atoms with Crippen LogP contribution < -0.4 is 0 Å². The van der Waals surface area contributed by atoms with Crippen molar-refractivity contribution in [3.63, 3.8) is 0 Å². The molecule has 2 aliphatic rings. The van der Waals surface area contributed by atoms with Crippen molar-refractivity contribution in [1.82, 2.24) is 4.90 Å². The van der Waals surface area contributed by atoms with Gasteiger partial charge in [-0.05, 0) is 18.8 Å². The molecule has 0 aromatic carbocycles. The fourth-order valence-electron chi connectivity index (χ4n) is 2.71. The number of likely N-dealkylation sites (tertiary alicyclic amines) is 1. The molecule has 2 unspecified atom stereocenters. The molecule has 0 spiro atoms. The molecule has 16 heavy (non-hydrogen) atoms. The summed E-state index contributed by atoms with van der Waals surface area (Å²) in [5.41, 5.74) is -0.134. The average molecular weight is 223 g/mol. The number of hydrogen-bond donors (Lipinski definition) is 0. The highest BCUT2D eigenvalue weighted by Gasteiger charge is 2.72. The van der Waals surface area contributed by atoms with E-state index in [9.17, 15) is 14.4 Å². The van der Waals surface area contributed by atoms with Crippen LogP contribution in [0.25, 0.3) is 0 Å². The normalized spacial score (nSPS) is 30.6. The van der Waals surface area contributed by atoms with Crippen molar-refractivity contribution in [2.45, 2.75) is 33.6 Å². The van der Waals surface area contributed by atoms with Crippen molar-refractivity contribution in [3.8, 4) is 0 Å². The van der Waals surface area contributed by atoms with Crippen LogP contribution in [0.1, 0.15) is 33.6 Å². The fraction of sp³-hybridized carbons (Fsp3) is 0.750. The number of piperidine rings is 1. The minimum absolute atomic E-state index is 0.0384. The number of rotatable bonds is 4. The summed E-state index contributed by atoms with van der Waals surface area (Å²) in [6.45, 7) is 5.85. The van der Waals surface area contributed by atoms with E-state index in [0.717, 1.165) is 0 Å². The second kappa shape index (κ2) is 3.40. The number of carbonyl (C=O) groups excluding carboxylic acids is 3. The van der Waals surface area contributed by atoms with Crippen LogP contribution in [0.5, 0.6) is 0 Å². The molecule has 2 atom stereocenters. The van der Waals surface area contributed by atoms with E-state index in [-0.39, 0.29) is 34.8 Å². The van der Waals surface area contributed by atoms with E-state index in [0.29, 0.717) is 19.4 Å². The Morgan fingerprint density at radius 1 is 1.25 bits per heavy atom. The lowest BCUT2D eigenvalue weighted by Crippen LogP contribution is -2.37. The molecule has 1 aliphatic carbocycles. The third-order valence-electron chi connectivity index (χ3n) is 3.80. The van der Waals surface area contributed by atoms with Crippen LogP contribution in [0.3, 0.4) is 0 Å². The van der Waals surface area contributed by atoms with E-state index in [4.69, 9.17) is 0 Å². The van der Waals surface area contributed by atoms with Crippen molar-refractivity contribution in [2.75, 3.05) is 6.54 Å². The first kappa shape index (κ1) is 11.3. The smallest absolute Gasteiger partial charge is 0.233 e. The van der Waals surface area contributed by atoms with E-state index >= 15 is 0 Å². The second-order valence-electron chi connectivity index (χ2n) is 5.41. The summed E-state index contributed by atoms with van der Waals surface area (Å²) in [6.07, 6.45) is 1.03. The monoisotopic (exact) mass is 223 g/mol. The van der Waals surface area contributed by atoms with Gasteiger partial charge in [-0.25, -0.2) is 0 Å². The van der Waals surface area contributed by atoms with Crippen LogP contribution >= 0.6 is 0 Å². The third-order valence-corrected chi connectivity index (χ3v) is 3.80. The van der Waals surface area contributed by atoms with E-state index < -0.39 is 0 Å². The van der Waals surface area contributed by atoms with Gasteiger partial charge in [-0.15, -0.1) is 0 Å². The lowest BCUT2D eigenvalue weighted by molar-refractivity contribution is -0.143. The summed E-state index contributed by atoms with van der Waals surface area (Å²) in [6, 6.07) is 0.